The van der Waals surface area contributed by atoms with Crippen molar-refractivity contribution in [2.24, 2.45) is 5.92 Å². The van der Waals surface area contributed by atoms with Gasteiger partial charge in [-0.1, -0.05) is 104 Å². The third-order valence-electron chi connectivity index (χ3n) is 9.51. The number of nitrogens with one attached hydrogen (secondary N) is 1. The van der Waals surface area contributed by atoms with E-state index in [0.29, 0.717) is 13.1 Å². The summed E-state index contributed by atoms with van der Waals surface area (Å²) in [6.45, 7) is 7.83. The Morgan fingerprint density at radius 2 is 1.54 bits per heavy atom. The molecule has 0 radical (unpaired) electrons. The van der Waals surface area contributed by atoms with Crippen LogP contribution in [0.4, 0.5) is 0 Å². The van der Waals surface area contributed by atoms with Crippen LogP contribution in [-0.2, 0) is 37.0 Å². The summed E-state index contributed by atoms with van der Waals surface area (Å²) in [5, 5.41) is 23.6. The van der Waals surface area contributed by atoms with Crippen molar-refractivity contribution in [1.29, 1.82) is 0 Å². The lowest BCUT2D eigenvalue weighted by Gasteiger charge is -2.43. The molecule has 50 heavy (non-hydrogen) atoms. The molecule has 1 aliphatic heterocycles. The van der Waals surface area contributed by atoms with E-state index < -0.39 is 24.5 Å². The summed E-state index contributed by atoms with van der Waals surface area (Å²) in [6, 6.07) is 33.4. The number of ether oxygens (including phenoxy) is 3. The van der Waals surface area contributed by atoms with Crippen LogP contribution in [-0.4, -0.2) is 58.8 Å². The van der Waals surface area contributed by atoms with Crippen molar-refractivity contribution in [2.75, 3.05) is 13.6 Å². The van der Waals surface area contributed by atoms with Gasteiger partial charge in [0, 0.05) is 37.5 Å². The Hall–Kier alpha value is -4.38. The largest absolute Gasteiger partial charge is 0.453 e. The van der Waals surface area contributed by atoms with Gasteiger partial charge in [0.15, 0.2) is 12.4 Å². The minimum absolute atomic E-state index is 0.00532. The Morgan fingerprint density at radius 3 is 2.20 bits per heavy atom. The molecule has 1 heterocycles. The molecule has 7 atom stereocenters. The number of carbonyl (C=O) groups excluding carboxylic acids is 2. The van der Waals surface area contributed by atoms with E-state index in [9.17, 15) is 19.8 Å². The summed E-state index contributed by atoms with van der Waals surface area (Å²) in [5.74, 6) is -0.861. The lowest BCUT2D eigenvalue weighted by molar-refractivity contribution is -0.276. The SMILES string of the molecule is CC(=O)O[C@@H](C)C(=O)NCc1cccc(-c2ccc([C@@H]3O[C@H](CN(C)[C@@H](C)[C@H](O)c4ccccc4)[C@H](C)[C@H](c4ccc(CO)cc4)O3)cc2)c1. The van der Waals surface area contributed by atoms with E-state index in [2.05, 4.69) is 17.1 Å². The first-order chi connectivity index (χ1) is 24.0. The summed E-state index contributed by atoms with van der Waals surface area (Å²) in [5.41, 5.74) is 6.50. The Bertz CT molecular complexity index is 1700. The van der Waals surface area contributed by atoms with Gasteiger partial charge < -0.3 is 29.7 Å². The van der Waals surface area contributed by atoms with E-state index in [-0.39, 0.29) is 36.7 Å². The minimum Gasteiger partial charge on any atom is -0.453 e. The van der Waals surface area contributed by atoms with Gasteiger partial charge in [0.05, 0.1) is 24.9 Å². The Kier molecular flexibility index (Phi) is 12.6. The summed E-state index contributed by atoms with van der Waals surface area (Å²) < 4.78 is 18.3. The average molecular weight is 681 g/mol. The molecule has 0 aromatic heterocycles. The third kappa shape index (κ3) is 9.24. The monoisotopic (exact) mass is 680 g/mol. The predicted octanol–water partition coefficient (Wildman–Crippen LogP) is 6.26. The van der Waals surface area contributed by atoms with E-state index in [4.69, 9.17) is 14.2 Å². The summed E-state index contributed by atoms with van der Waals surface area (Å²) in [7, 11) is 2.01. The molecule has 4 aromatic rings. The van der Waals surface area contributed by atoms with Crippen molar-refractivity contribution >= 4 is 11.9 Å². The molecular weight excluding hydrogens is 632 g/mol. The molecule has 0 spiro atoms. The van der Waals surface area contributed by atoms with Crippen LogP contribution in [0.1, 0.15) is 74.0 Å². The number of benzene rings is 4. The molecule has 4 aromatic carbocycles. The van der Waals surface area contributed by atoms with Crippen LogP contribution in [0.5, 0.6) is 0 Å². The van der Waals surface area contributed by atoms with E-state index in [1.807, 2.05) is 117 Å². The molecule has 9 heteroatoms. The van der Waals surface area contributed by atoms with Crippen LogP contribution in [0, 0.1) is 5.92 Å². The van der Waals surface area contributed by atoms with Gasteiger partial charge in [0.25, 0.3) is 5.91 Å². The number of hydrogen-bond donors (Lipinski definition) is 3. The van der Waals surface area contributed by atoms with Crippen LogP contribution in [0.2, 0.25) is 0 Å². The van der Waals surface area contributed by atoms with Gasteiger partial charge in [0.2, 0.25) is 0 Å². The highest BCUT2D eigenvalue weighted by atomic mass is 16.7. The van der Waals surface area contributed by atoms with Crippen molar-refractivity contribution in [3.63, 3.8) is 0 Å². The molecule has 1 aliphatic rings. The molecule has 0 aliphatic carbocycles. The van der Waals surface area contributed by atoms with Crippen molar-refractivity contribution in [2.45, 2.75) is 77.6 Å². The normalized spacial score (nSPS) is 20.9. The van der Waals surface area contributed by atoms with Gasteiger partial charge in [-0.15, -0.1) is 0 Å². The zero-order chi connectivity index (χ0) is 35.8. The Labute approximate surface area is 294 Å². The number of hydrogen-bond acceptors (Lipinski definition) is 8. The Balaban J connectivity index is 1.32. The quantitative estimate of drug-likeness (QED) is 0.142. The average Bonchev–Trinajstić information content (AvgIpc) is 3.14. The van der Waals surface area contributed by atoms with E-state index >= 15 is 0 Å². The molecule has 1 amide bonds. The second-order valence-corrected chi connectivity index (χ2v) is 13.1. The van der Waals surface area contributed by atoms with Gasteiger partial charge in [-0.25, -0.2) is 0 Å². The number of amides is 1. The summed E-state index contributed by atoms with van der Waals surface area (Å²) in [4.78, 5) is 25.7. The fraction of sp³-hybridized carbons (Fsp3) is 0.366. The standard InChI is InChI=1S/C41H48N2O7/c1-26-37(24-43(5)27(2)38(46)33-11-7-6-8-12-33)49-41(50-39(26)34-16-14-30(25-44)15-17-34)35-20-18-32(19-21-35)36-13-9-10-31(22-36)23-42-40(47)28(3)48-29(4)45/h6-22,26-28,37-39,41,44,46H,23-25H2,1-5H3,(H,42,47)/t26-,27-,28-,37+,38-,39+,41+/m0/s1. The predicted molar refractivity (Wildman–Crippen MR) is 191 cm³/mol. The Morgan fingerprint density at radius 1 is 0.860 bits per heavy atom. The number of likely N-dealkylation sites (N-methyl/N-ethyl adjacent to an activating group) is 1. The zero-order valence-corrected chi connectivity index (χ0v) is 29.4. The van der Waals surface area contributed by atoms with E-state index in [1.165, 1.54) is 6.92 Å². The fourth-order valence-corrected chi connectivity index (χ4v) is 6.28. The highest BCUT2D eigenvalue weighted by Crippen LogP contribution is 2.42. The van der Waals surface area contributed by atoms with E-state index in [0.717, 1.165) is 38.9 Å². The highest BCUT2D eigenvalue weighted by molar-refractivity contribution is 5.82. The molecule has 0 saturated carbocycles. The molecule has 1 saturated heterocycles. The van der Waals surface area contributed by atoms with E-state index in [1.54, 1.807) is 6.92 Å². The van der Waals surface area contributed by atoms with Crippen LogP contribution in [0.25, 0.3) is 11.1 Å². The smallest absolute Gasteiger partial charge is 0.303 e. The van der Waals surface area contributed by atoms with Crippen LogP contribution in [0.3, 0.4) is 0 Å². The van der Waals surface area contributed by atoms with Crippen molar-refractivity contribution in [3.05, 3.63) is 131 Å². The molecule has 0 bridgehead atoms. The lowest BCUT2D eigenvalue weighted by atomic mass is 9.89. The molecule has 3 N–H and O–H groups in total. The summed E-state index contributed by atoms with van der Waals surface area (Å²) in [6.07, 6.45) is -2.61. The third-order valence-corrected chi connectivity index (χ3v) is 9.51. The van der Waals surface area contributed by atoms with Crippen LogP contribution >= 0.6 is 0 Å². The second kappa shape index (κ2) is 17.0. The highest BCUT2D eigenvalue weighted by Gasteiger charge is 2.39. The first-order valence-electron chi connectivity index (χ1n) is 17.1. The van der Waals surface area contributed by atoms with Gasteiger partial charge in [-0.2, -0.15) is 0 Å². The first kappa shape index (κ1) is 36.9. The van der Waals surface area contributed by atoms with Crippen molar-refractivity contribution in [1.82, 2.24) is 10.2 Å². The molecular formula is C41H48N2O7. The molecule has 264 valence electrons. The van der Waals surface area contributed by atoms with Gasteiger partial charge in [-0.3, -0.25) is 14.5 Å². The molecule has 9 nitrogen and oxygen atoms in total. The topological polar surface area (TPSA) is 118 Å². The lowest BCUT2D eigenvalue weighted by Crippen LogP contribution is -2.46. The zero-order valence-electron chi connectivity index (χ0n) is 29.4. The van der Waals surface area contributed by atoms with Crippen LogP contribution < -0.4 is 5.32 Å². The molecule has 0 unspecified atom stereocenters. The minimum atomic E-state index is -0.862. The van der Waals surface area contributed by atoms with Gasteiger partial charge in [0.1, 0.15) is 0 Å². The number of aliphatic hydroxyl groups excluding tert-OH is 2. The maximum atomic E-state index is 12.3. The fourth-order valence-electron chi connectivity index (χ4n) is 6.28. The molecule has 5 rings (SSSR count). The summed E-state index contributed by atoms with van der Waals surface area (Å²) >= 11 is 0. The first-order valence-corrected chi connectivity index (χ1v) is 17.1. The van der Waals surface area contributed by atoms with Crippen molar-refractivity contribution < 1.29 is 34.0 Å². The number of carbonyl (C=O) groups is 2. The number of rotatable bonds is 13. The molecule has 1 fully saturated rings. The number of esters is 1. The van der Waals surface area contributed by atoms with Crippen LogP contribution in [0.15, 0.2) is 103 Å². The number of nitrogens with zero attached hydrogens (tertiary/aromatic N) is 1. The van der Waals surface area contributed by atoms with Gasteiger partial charge in [-0.05, 0) is 60.3 Å². The second-order valence-electron chi connectivity index (χ2n) is 13.1. The van der Waals surface area contributed by atoms with Crippen molar-refractivity contribution in [3.8, 4) is 11.1 Å². The number of aliphatic hydroxyl groups is 2. The maximum absolute atomic E-state index is 12.3. The van der Waals surface area contributed by atoms with Gasteiger partial charge >= 0.3 is 5.97 Å². The maximum Gasteiger partial charge on any atom is 0.303 e.